The van der Waals surface area contributed by atoms with Crippen LogP contribution in [0, 0.1) is 0 Å². The van der Waals surface area contributed by atoms with Crippen LogP contribution in [0.2, 0.25) is 0 Å². The molecule has 4 nitrogen and oxygen atoms in total. The summed E-state index contributed by atoms with van der Waals surface area (Å²) in [5.41, 5.74) is 0.0636. The number of hydrogen-bond donors (Lipinski definition) is 0. The number of alkyl halides is 6. The van der Waals surface area contributed by atoms with Crippen molar-refractivity contribution in [2.45, 2.75) is 12.7 Å². The molecule has 0 aliphatic rings. The van der Waals surface area contributed by atoms with Crippen molar-refractivity contribution in [3.8, 4) is 34.0 Å². The first-order chi connectivity index (χ1) is 13.1. The minimum atomic E-state index is -4.92. The van der Waals surface area contributed by atoms with Gasteiger partial charge in [-0.15, -0.1) is 26.3 Å². The molecule has 0 unspecified atom stereocenters. The van der Waals surface area contributed by atoms with Gasteiger partial charge in [0.15, 0.2) is 0 Å². The number of aromatic nitrogens is 2. The van der Waals surface area contributed by atoms with Gasteiger partial charge in [-0.3, -0.25) is 0 Å². The van der Waals surface area contributed by atoms with E-state index in [2.05, 4.69) is 19.4 Å². The number of benzene rings is 2. The van der Waals surface area contributed by atoms with E-state index in [0.29, 0.717) is 0 Å². The fraction of sp³-hybridized carbons (Fsp3) is 0.111. The van der Waals surface area contributed by atoms with Gasteiger partial charge < -0.3 is 9.47 Å². The predicted molar refractivity (Wildman–Crippen MR) is 86.3 cm³/mol. The van der Waals surface area contributed by atoms with E-state index in [9.17, 15) is 26.3 Å². The molecule has 0 aliphatic heterocycles. The Balaban J connectivity index is 2.04. The van der Waals surface area contributed by atoms with Crippen LogP contribution >= 0.6 is 0 Å². The van der Waals surface area contributed by atoms with Crippen molar-refractivity contribution in [2.75, 3.05) is 0 Å². The fourth-order valence-corrected chi connectivity index (χ4v) is 2.44. The summed E-state index contributed by atoms with van der Waals surface area (Å²) in [6, 6.07) is 11.8. The monoisotopic (exact) mass is 400 g/mol. The predicted octanol–water partition coefficient (Wildman–Crippen LogP) is 5.61. The molecule has 0 fully saturated rings. The molecule has 28 heavy (non-hydrogen) atoms. The molecule has 10 heteroatoms. The van der Waals surface area contributed by atoms with E-state index in [1.165, 1.54) is 42.5 Å². The van der Waals surface area contributed by atoms with Crippen LogP contribution < -0.4 is 9.47 Å². The molecule has 2 aromatic carbocycles. The molecule has 3 rings (SSSR count). The second-order valence-electron chi connectivity index (χ2n) is 5.38. The summed E-state index contributed by atoms with van der Waals surface area (Å²) in [5, 5.41) is 0. The van der Waals surface area contributed by atoms with E-state index in [0.717, 1.165) is 18.5 Å². The topological polar surface area (TPSA) is 44.2 Å². The third-order valence-corrected chi connectivity index (χ3v) is 3.44. The minimum absolute atomic E-state index is 0.00213. The van der Waals surface area contributed by atoms with E-state index < -0.39 is 24.2 Å². The molecule has 0 spiro atoms. The second-order valence-corrected chi connectivity index (χ2v) is 5.38. The van der Waals surface area contributed by atoms with Crippen LogP contribution in [0.1, 0.15) is 0 Å². The zero-order valence-corrected chi connectivity index (χ0v) is 13.8. The Labute approximate surface area is 154 Å². The molecule has 0 amide bonds. The quantitative estimate of drug-likeness (QED) is 0.534. The maximum absolute atomic E-state index is 12.6. The van der Waals surface area contributed by atoms with Gasteiger partial charge in [-0.25, -0.2) is 9.97 Å². The van der Waals surface area contributed by atoms with Crippen LogP contribution in [0.4, 0.5) is 26.3 Å². The summed E-state index contributed by atoms with van der Waals surface area (Å²) in [6.45, 7) is 0. The number of rotatable bonds is 4. The van der Waals surface area contributed by atoms with Crippen molar-refractivity contribution in [2.24, 2.45) is 0 Å². The normalized spacial score (nSPS) is 11.9. The first kappa shape index (κ1) is 19.5. The fourth-order valence-electron chi connectivity index (χ4n) is 2.44. The van der Waals surface area contributed by atoms with Gasteiger partial charge in [0.05, 0.1) is 11.4 Å². The Morgan fingerprint density at radius 2 is 1.00 bits per heavy atom. The summed E-state index contributed by atoms with van der Waals surface area (Å²) < 4.78 is 83.7. The first-order valence-electron chi connectivity index (χ1n) is 7.65. The maximum Gasteiger partial charge on any atom is 0.573 e. The highest BCUT2D eigenvalue weighted by Gasteiger charge is 2.33. The van der Waals surface area contributed by atoms with Crippen LogP contribution in [0.15, 0.2) is 60.9 Å². The molecule has 1 aromatic heterocycles. The average molecular weight is 400 g/mol. The summed E-state index contributed by atoms with van der Waals surface area (Å²) in [4.78, 5) is 7.82. The summed E-state index contributed by atoms with van der Waals surface area (Å²) in [5.74, 6) is -1.00. The largest absolute Gasteiger partial charge is 0.573 e. The van der Waals surface area contributed by atoms with E-state index in [-0.39, 0.29) is 22.5 Å². The number of ether oxygens (including phenoxy) is 2. The third-order valence-electron chi connectivity index (χ3n) is 3.44. The van der Waals surface area contributed by atoms with Crippen molar-refractivity contribution < 1.29 is 35.8 Å². The van der Waals surface area contributed by atoms with Crippen LogP contribution in [0.25, 0.3) is 22.5 Å². The lowest BCUT2D eigenvalue weighted by Gasteiger charge is -2.14. The third kappa shape index (κ3) is 4.90. The van der Waals surface area contributed by atoms with Crippen LogP contribution in [-0.4, -0.2) is 22.7 Å². The Hall–Kier alpha value is -3.30. The number of hydrogen-bond acceptors (Lipinski definition) is 4. The van der Waals surface area contributed by atoms with E-state index in [1.807, 2.05) is 0 Å². The summed E-state index contributed by atoms with van der Waals surface area (Å²) in [7, 11) is 0. The molecular weight excluding hydrogens is 390 g/mol. The second kappa shape index (κ2) is 7.37. The van der Waals surface area contributed by atoms with E-state index >= 15 is 0 Å². The van der Waals surface area contributed by atoms with Crippen molar-refractivity contribution in [3.63, 3.8) is 0 Å². The highest BCUT2D eigenvalue weighted by Crippen LogP contribution is 2.36. The molecule has 0 atom stereocenters. The smallest absolute Gasteiger partial charge is 0.405 e. The zero-order valence-electron chi connectivity index (χ0n) is 13.8. The van der Waals surface area contributed by atoms with Gasteiger partial charge in [0.2, 0.25) is 0 Å². The van der Waals surface area contributed by atoms with Crippen molar-refractivity contribution in [1.29, 1.82) is 0 Å². The number of nitrogens with zero attached hydrogens (tertiary/aromatic N) is 2. The van der Waals surface area contributed by atoms with Crippen molar-refractivity contribution in [1.82, 2.24) is 9.97 Å². The zero-order chi connectivity index (χ0) is 20.4. The van der Waals surface area contributed by atoms with Crippen LogP contribution in [0.5, 0.6) is 11.5 Å². The molecule has 3 aromatic rings. The molecule has 0 bridgehead atoms. The Morgan fingerprint density at radius 3 is 1.39 bits per heavy atom. The Bertz CT molecular complexity index is 898. The maximum atomic E-state index is 12.6. The Kier molecular flexibility index (Phi) is 5.12. The van der Waals surface area contributed by atoms with Gasteiger partial charge in [0, 0.05) is 11.1 Å². The van der Waals surface area contributed by atoms with Crippen molar-refractivity contribution >= 4 is 0 Å². The SMILES string of the molecule is FC(F)(F)Oc1ccccc1-c1cc(-c2ccccc2OC(F)(F)F)ncn1. The Morgan fingerprint density at radius 1 is 0.607 bits per heavy atom. The van der Waals surface area contributed by atoms with E-state index in [4.69, 9.17) is 0 Å². The lowest BCUT2D eigenvalue weighted by Crippen LogP contribution is -2.17. The molecular formula is C18H10F6N2O2. The average Bonchev–Trinajstić information content (AvgIpc) is 2.60. The molecule has 0 aliphatic carbocycles. The van der Waals surface area contributed by atoms with Gasteiger partial charge in [-0.05, 0) is 30.3 Å². The van der Waals surface area contributed by atoms with Gasteiger partial charge >= 0.3 is 12.7 Å². The van der Waals surface area contributed by atoms with Gasteiger partial charge in [-0.2, -0.15) is 0 Å². The number of para-hydroxylation sites is 2. The minimum Gasteiger partial charge on any atom is -0.405 e. The van der Waals surface area contributed by atoms with Crippen LogP contribution in [0.3, 0.4) is 0 Å². The van der Waals surface area contributed by atoms with Crippen molar-refractivity contribution in [3.05, 3.63) is 60.9 Å². The van der Waals surface area contributed by atoms with Gasteiger partial charge in [0.25, 0.3) is 0 Å². The molecule has 1 heterocycles. The standard InChI is InChI=1S/C18H10F6N2O2/c19-17(20,21)27-15-7-3-1-5-11(15)13-9-14(26-10-25-13)12-6-2-4-8-16(12)28-18(22,23)24/h1-10H. The number of halogens is 6. The first-order valence-corrected chi connectivity index (χ1v) is 7.65. The lowest BCUT2D eigenvalue weighted by molar-refractivity contribution is -0.275. The molecule has 0 saturated carbocycles. The van der Waals surface area contributed by atoms with E-state index in [1.54, 1.807) is 0 Å². The lowest BCUT2D eigenvalue weighted by atomic mass is 10.1. The molecule has 0 N–H and O–H groups in total. The highest BCUT2D eigenvalue weighted by atomic mass is 19.4. The molecule has 0 saturated heterocycles. The summed E-state index contributed by atoms with van der Waals surface area (Å²) >= 11 is 0. The summed E-state index contributed by atoms with van der Waals surface area (Å²) in [6.07, 6.45) is -8.81. The van der Waals surface area contributed by atoms with Gasteiger partial charge in [-0.1, -0.05) is 24.3 Å². The van der Waals surface area contributed by atoms with Gasteiger partial charge in [0.1, 0.15) is 17.8 Å². The molecule has 0 radical (unpaired) electrons. The highest BCUT2D eigenvalue weighted by molar-refractivity contribution is 5.74. The molecule has 146 valence electrons. The van der Waals surface area contributed by atoms with Crippen LogP contribution in [-0.2, 0) is 0 Å².